The summed E-state index contributed by atoms with van der Waals surface area (Å²) in [7, 11) is 0. The lowest BCUT2D eigenvalue weighted by Crippen LogP contribution is -2.54. The van der Waals surface area contributed by atoms with Crippen molar-refractivity contribution in [3.05, 3.63) is 34.1 Å². The average Bonchev–Trinajstić information content (AvgIpc) is 2.95. The predicted octanol–water partition coefficient (Wildman–Crippen LogP) is 1.72. The Morgan fingerprint density at radius 2 is 2.13 bits per heavy atom. The van der Waals surface area contributed by atoms with Crippen LogP contribution in [0, 0.1) is 21.8 Å². The molecule has 3 rings (SSSR count). The molecule has 31 heavy (non-hydrogen) atoms. The molecule has 12 heteroatoms. The van der Waals surface area contributed by atoms with Crippen molar-refractivity contribution in [1.29, 1.82) is 0 Å². The van der Waals surface area contributed by atoms with Gasteiger partial charge in [0.25, 0.3) is 17.5 Å². The number of urea groups is 1. The third kappa shape index (κ3) is 4.47. The van der Waals surface area contributed by atoms with Crippen LogP contribution in [0.4, 0.5) is 20.6 Å². The molecule has 1 aliphatic heterocycles. The lowest BCUT2D eigenvalue weighted by atomic mass is 9.73. The Kier molecular flexibility index (Phi) is 6.18. The molecular weight excluding hydrogens is 415 g/mol. The minimum atomic E-state index is -1.02. The number of benzene rings is 1. The van der Waals surface area contributed by atoms with E-state index in [2.05, 4.69) is 10.6 Å². The van der Waals surface area contributed by atoms with Crippen LogP contribution < -0.4 is 10.6 Å². The van der Waals surface area contributed by atoms with Crippen LogP contribution in [-0.2, 0) is 19.1 Å². The van der Waals surface area contributed by atoms with E-state index in [-0.39, 0.29) is 11.6 Å². The smallest absolute Gasteiger partial charge is 0.326 e. The second-order valence-corrected chi connectivity index (χ2v) is 7.57. The largest absolute Gasteiger partial charge is 0.454 e. The second kappa shape index (κ2) is 8.66. The molecule has 1 aromatic carbocycles. The third-order valence-corrected chi connectivity index (χ3v) is 5.58. The summed E-state index contributed by atoms with van der Waals surface area (Å²) in [5.74, 6) is -3.32. The number of hydrogen-bond donors (Lipinski definition) is 2. The first-order chi connectivity index (χ1) is 14.6. The van der Waals surface area contributed by atoms with E-state index in [1.807, 2.05) is 6.92 Å². The van der Waals surface area contributed by atoms with Crippen molar-refractivity contribution in [1.82, 2.24) is 10.2 Å². The Hall–Kier alpha value is -3.57. The Labute approximate surface area is 176 Å². The van der Waals surface area contributed by atoms with Crippen molar-refractivity contribution in [3.8, 4) is 0 Å². The fraction of sp³-hybridized carbons (Fsp3) is 0.474. The van der Waals surface area contributed by atoms with Gasteiger partial charge in [0.15, 0.2) is 6.61 Å². The highest BCUT2D eigenvalue weighted by atomic mass is 19.1. The summed E-state index contributed by atoms with van der Waals surface area (Å²) >= 11 is 0. The zero-order valence-electron chi connectivity index (χ0n) is 16.7. The topological polar surface area (TPSA) is 148 Å². The monoisotopic (exact) mass is 436 g/mol. The predicted molar refractivity (Wildman–Crippen MR) is 103 cm³/mol. The van der Waals surface area contributed by atoms with E-state index in [1.54, 1.807) is 0 Å². The molecule has 0 aromatic heterocycles. The van der Waals surface area contributed by atoms with Crippen molar-refractivity contribution in [2.45, 2.75) is 38.1 Å². The molecule has 11 nitrogen and oxygen atoms in total. The van der Waals surface area contributed by atoms with E-state index in [4.69, 9.17) is 4.74 Å². The Morgan fingerprint density at radius 1 is 1.39 bits per heavy atom. The Balaban J connectivity index is 1.56. The number of rotatable bonds is 6. The van der Waals surface area contributed by atoms with Crippen LogP contribution in [0.5, 0.6) is 0 Å². The molecule has 0 radical (unpaired) electrons. The fourth-order valence-corrected chi connectivity index (χ4v) is 3.91. The second-order valence-electron chi connectivity index (χ2n) is 7.57. The lowest BCUT2D eigenvalue weighted by Gasteiger charge is -2.36. The van der Waals surface area contributed by atoms with Gasteiger partial charge in [0.2, 0.25) is 0 Å². The van der Waals surface area contributed by atoms with E-state index < -0.39 is 58.9 Å². The van der Waals surface area contributed by atoms with Gasteiger partial charge in [-0.25, -0.2) is 9.18 Å². The van der Waals surface area contributed by atoms with Gasteiger partial charge in [-0.2, -0.15) is 0 Å². The van der Waals surface area contributed by atoms with E-state index in [1.165, 1.54) is 0 Å². The van der Waals surface area contributed by atoms with Crippen molar-refractivity contribution in [3.63, 3.8) is 0 Å². The molecule has 2 N–H and O–H groups in total. The number of ether oxygens (including phenoxy) is 1. The number of imide groups is 1. The van der Waals surface area contributed by atoms with Gasteiger partial charge < -0.3 is 15.4 Å². The van der Waals surface area contributed by atoms with Gasteiger partial charge >= 0.3 is 12.0 Å². The van der Waals surface area contributed by atoms with Crippen LogP contribution in [0.2, 0.25) is 0 Å². The van der Waals surface area contributed by atoms with Crippen LogP contribution in [-0.4, -0.2) is 52.3 Å². The number of hydrogen-bond acceptors (Lipinski definition) is 7. The summed E-state index contributed by atoms with van der Waals surface area (Å²) in [6, 6.07) is 1.88. The highest BCUT2D eigenvalue weighted by molar-refractivity contribution is 6.09. The molecule has 166 valence electrons. The molecule has 0 bridgehead atoms. The normalized spacial score (nSPS) is 22.9. The number of amides is 4. The maximum absolute atomic E-state index is 13.2. The zero-order valence-corrected chi connectivity index (χ0v) is 16.7. The third-order valence-electron chi connectivity index (χ3n) is 5.58. The van der Waals surface area contributed by atoms with Crippen LogP contribution in [0.25, 0.3) is 0 Å². The minimum absolute atomic E-state index is 0.0731. The molecule has 4 amide bonds. The molecule has 1 aromatic rings. The van der Waals surface area contributed by atoms with Gasteiger partial charge in [0.05, 0.1) is 11.0 Å². The molecule has 1 heterocycles. The highest BCUT2D eigenvalue weighted by Crippen LogP contribution is 2.38. The maximum atomic E-state index is 13.2. The molecule has 1 spiro atoms. The van der Waals surface area contributed by atoms with Crippen molar-refractivity contribution < 1.29 is 33.2 Å². The molecular formula is C19H21FN4O7. The lowest BCUT2D eigenvalue weighted by molar-refractivity contribution is -0.384. The summed E-state index contributed by atoms with van der Waals surface area (Å²) in [6.45, 7) is 0.403. The molecule has 1 saturated heterocycles. The van der Waals surface area contributed by atoms with Gasteiger partial charge in [0.1, 0.15) is 23.6 Å². The first kappa shape index (κ1) is 22.1. The zero-order chi connectivity index (χ0) is 22.8. The SMILES string of the molecule is C[C@H]1CCCC[C@@]12NC(=O)N(CC(=O)OCC(=O)Nc1ccc(F)cc1[N+](=O)[O-])C2=O. The van der Waals surface area contributed by atoms with Crippen molar-refractivity contribution in [2.75, 3.05) is 18.5 Å². The van der Waals surface area contributed by atoms with Crippen LogP contribution in [0.3, 0.4) is 0 Å². The van der Waals surface area contributed by atoms with Gasteiger partial charge in [0, 0.05) is 0 Å². The summed E-state index contributed by atoms with van der Waals surface area (Å²) < 4.78 is 18.0. The number of nitrogens with one attached hydrogen (secondary N) is 2. The van der Waals surface area contributed by atoms with Crippen molar-refractivity contribution >= 4 is 35.2 Å². The summed E-state index contributed by atoms with van der Waals surface area (Å²) in [6.07, 6.45) is 3.00. The fourth-order valence-electron chi connectivity index (χ4n) is 3.91. The first-order valence-corrected chi connectivity index (χ1v) is 9.67. The average molecular weight is 436 g/mol. The Bertz CT molecular complexity index is 953. The maximum Gasteiger partial charge on any atom is 0.326 e. The summed E-state index contributed by atoms with van der Waals surface area (Å²) in [5, 5.41) is 15.8. The molecule has 1 saturated carbocycles. The van der Waals surface area contributed by atoms with Crippen LogP contribution in [0.15, 0.2) is 18.2 Å². The van der Waals surface area contributed by atoms with Gasteiger partial charge in [-0.15, -0.1) is 0 Å². The van der Waals surface area contributed by atoms with Gasteiger partial charge in [-0.1, -0.05) is 19.8 Å². The number of nitrogens with zero attached hydrogens (tertiary/aromatic N) is 2. The molecule has 2 aliphatic rings. The quantitative estimate of drug-likeness (QED) is 0.298. The number of carbonyl (C=O) groups is 4. The van der Waals surface area contributed by atoms with Crippen LogP contribution >= 0.6 is 0 Å². The Morgan fingerprint density at radius 3 is 2.81 bits per heavy atom. The number of anilines is 1. The van der Waals surface area contributed by atoms with E-state index in [0.717, 1.165) is 36.3 Å². The number of esters is 1. The molecule has 2 fully saturated rings. The highest BCUT2D eigenvalue weighted by Gasteiger charge is 2.55. The van der Waals surface area contributed by atoms with E-state index >= 15 is 0 Å². The van der Waals surface area contributed by atoms with Crippen molar-refractivity contribution in [2.24, 2.45) is 5.92 Å². The standard InChI is InChI=1S/C19H21FN4O7/c1-11-4-2-3-7-19(11)17(27)23(18(28)22-19)9-16(26)31-10-15(25)21-13-6-5-12(20)8-14(13)24(29)30/h5-6,8,11H,2-4,7,9-10H2,1H3,(H,21,25)(H,22,28)/t11-,19+/m0/s1. The number of nitro benzene ring substituents is 1. The number of carbonyl (C=O) groups excluding carboxylic acids is 4. The van der Waals surface area contributed by atoms with Gasteiger partial charge in [-0.05, 0) is 30.9 Å². The molecule has 1 aliphatic carbocycles. The minimum Gasteiger partial charge on any atom is -0.454 e. The van der Waals surface area contributed by atoms with Crippen LogP contribution in [0.1, 0.15) is 32.6 Å². The molecule has 0 unspecified atom stereocenters. The van der Waals surface area contributed by atoms with E-state index in [0.29, 0.717) is 12.5 Å². The first-order valence-electron chi connectivity index (χ1n) is 9.67. The van der Waals surface area contributed by atoms with Gasteiger partial charge in [-0.3, -0.25) is 29.4 Å². The number of nitro groups is 1. The van der Waals surface area contributed by atoms with E-state index in [9.17, 15) is 33.7 Å². The summed E-state index contributed by atoms with van der Waals surface area (Å²) in [5.41, 5.74) is -1.95. The summed E-state index contributed by atoms with van der Waals surface area (Å²) in [4.78, 5) is 60.0. The number of halogens is 1. The molecule has 2 atom stereocenters.